The lowest BCUT2D eigenvalue weighted by atomic mass is 10.1. The minimum absolute atomic E-state index is 0.266. The van der Waals surface area contributed by atoms with Gasteiger partial charge in [0.15, 0.2) is 0 Å². The van der Waals surface area contributed by atoms with Gasteiger partial charge < -0.3 is 14.5 Å². The molecule has 3 aromatic heterocycles. The van der Waals surface area contributed by atoms with Crippen molar-refractivity contribution in [1.29, 1.82) is 0 Å². The van der Waals surface area contributed by atoms with E-state index in [4.69, 9.17) is 9.84 Å². The Morgan fingerprint density at radius 1 is 0.912 bits per heavy atom. The fourth-order valence-electron chi connectivity index (χ4n) is 4.75. The number of hydrogen-bond acceptors (Lipinski definition) is 6. The van der Waals surface area contributed by atoms with E-state index in [1.807, 2.05) is 54.0 Å². The standard InChI is InChI=1S/C25H30N6O3/c1-27(2)11-6-12-30-19-10-9-18-23-21(19)22(26-30)17-8-7-16(34-5)15-20(17)31(23)25(33)29(24(18)32)14-13-28(3)4/h7-10,15H,6,11-14H2,1-5H3. The summed E-state index contributed by atoms with van der Waals surface area (Å²) in [7, 11) is 9.56. The van der Waals surface area contributed by atoms with E-state index in [-0.39, 0.29) is 11.2 Å². The second-order valence-electron chi connectivity index (χ2n) is 9.35. The Kier molecular flexibility index (Phi) is 5.53. The summed E-state index contributed by atoms with van der Waals surface area (Å²) >= 11 is 0. The van der Waals surface area contributed by atoms with Crippen molar-refractivity contribution in [2.75, 3.05) is 48.4 Å². The summed E-state index contributed by atoms with van der Waals surface area (Å²) in [6.45, 7) is 2.59. The van der Waals surface area contributed by atoms with Crippen molar-refractivity contribution in [3.8, 4) is 5.75 Å². The van der Waals surface area contributed by atoms with Crippen LogP contribution in [0.1, 0.15) is 6.42 Å². The Hall–Kier alpha value is -3.43. The molecule has 0 atom stereocenters. The molecule has 0 amide bonds. The molecule has 0 aliphatic heterocycles. The first-order valence-electron chi connectivity index (χ1n) is 11.5. The maximum absolute atomic E-state index is 13.8. The first kappa shape index (κ1) is 22.4. The van der Waals surface area contributed by atoms with Crippen LogP contribution in [0.4, 0.5) is 0 Å². The summed E-state index contributed by atoms with van der Waals surface area (Å²) in [5.74, 6) is 0.644. The van der Waals surface area contributed by atoms with Crippen molar-refractivity contribution in [2.45, 2.75) is 19.5 Å². The van der Waals surface area contributed by atoms with Crippen molar-refractivity contribution in [3.63, 3.8) is 0 Å². The molecule has 2 aromatic carbocycles. The Balaban J connectivity index is 1.90. The van der Waals surface area contributed by atoms with Gasteiger partial charge in [0.2, 0.25) is 0 Å². The molecular weight excluding hydrogens is 432 g/mol. The second-order valence-corrected chi connectivity index (χ2v) is 9.35. The third-order valence-corrected chi connectivity index (χ3v) is 6.46. The summed E-state index contributed by atoms with van der Waals surface area (Å²) in [6.07, 6.45) is 0.940. The van der Waals surface area contributed by atoms with E-state index >= 15 is 0 Å². The quantitative estimate of drug-likeness (QED) is 0.260. The molecule has 0 aliphatic rings. The van der Waals surface area contributed by atoms with Crippen molar-refractivity contribution in [3.05, 3.63) is 51.2 Å². The number of methoxy groups -OCH3 is 1. The van der Waals surface area contributed by atoms with Crippen molar-refractivity contribution in [1.82, 2.24) is 28.5 Å². The van der Waals surface area contributed by atoms with E-state index < -0.39 is 0 Å². The summed E-state index contributed by atoms with van der Waals surface area (Å²) in [5, 5.41) is 7.20. The number of rotatable bonds is 8. The molecule has 9 nitrogen and oxygen atoms in total. The summed E-state index contributed by atoms with van der Waals surface area (Å²) < 4.78 is 10.5. The Bertz CT molecular complexity index is 1630. The van der Waals surface area contributed by atoms with E-state index in [2.05, 4.69) is 19.0 Å². The van der Waals surface area contributed by atoms with Gasteiger partial charge in [0, 0.05) is 31.1 Å². The lowest BCUT2D eigenvalue weighted by molar-refractivity contribution is 0.376. The number of hydrogen-bond donors (Lipinski definition) is 0. The fourth-order valence-corrected chi connectivity index (χ4v) is 4.75. The molecule has 0 saturated carbocycles. The SMILES string of the molecule is COc1ccc2c3nn(CCCN(C)C)c4ccc5c(=O)n(CCN(C)C)c(=O)n(c2c1)c5c34. The van der Waals surface area contributed by atoms with Gasteiger partial charge in [0.25, 0.3) is 5.56 Å². The number of benzene rings is 2. The number of pyridine rings is 1. The van der Waals surface area contributed by atoms with Crippen LogP contribution in [0.3, 0.4) is 0 Å². The highest BCUT2D eigenvalue weighted by Crippen LogP contribution is 2.35. The maximum Gasteiger partial charge on any atom is 0.336 e. The average molecular weight is 463 g/mol. The van der Waals surface area contributed by atoms with Gasteiger partial charge in [0.1, 0.15) is 11.3 Å². The van der Waals surface area contributed by atoms with Gasteiger partial charge in [0.05, 0.1) is 34.4 Å². The highest BCUT2D eigenvalue weighted by molar-refractivity contribution is 6.21. The molecule has 0 aliphatic carbocycles. The minimum atomic E-state index is -0.340. The van der Waals surface area contributed by atoms with Gasteiger partial charge in [-0.1, -0.05) is 0 Å². The largest absolute Gasteiger partial charge is 0.497 e. The number of ether oxygens (including phenoxy) is 1. The zero-order chi connectivity index (χ0) is 24.1. The summed E-state index contributed by atoms with van der Waals surface area (Å²) in [4.78, 5) is 31.3. The van der Waals surface area contributed by atoms with Crippen LogP contribution < -0.4 is 16.0 Å². The first-order valence-corrected chi connectivity index (χ1v) is 11.5. The number of aromatic nitrogens is 4. The van der Waals surface area contributed by atoms with Gasteiger partial charge >= 0.3 is 5.69 Å². The molecule has 34 heavy (non-hydrogen) atoms. The molecule has 0 spiro atoms. The number of fused-ring (bicyclic) bond motifs is 3. The summed E-state index contributed by atoms with van der Waals surface area (Å²) in [5.41, 5.74) is 2.44. The van der Waals surface area contributed by atoms with Crippen molar-refractivity contribution in [2.24, 2.45) is 0 Å². The monoisotopic (exact) mass is 462 g/mol. The number of likely N-dealkylation sites (N-methyl/N-ethyl adjacent to an activating group) is 1. The zero-order valence-corrected chi connectivity index (χ0v) is 20.3. The molecule has 3 heterocycles. The lowest BCUT2D eigenvalue weighted by Crippen LogP contribution is -2.40. The molecule has 0 fully saturated rings. The Labute approximate surface area is 196 Å². The van der Waals surface area contributed by atoms with E-state index in [0.29, 0.717) is 35.3 Å². The van der Waals surface area contributed by atoms with Crippen molar-refractivity contribution < 1.29 is 4.74 Å². The van der Waals surface area contributed by atoms with Gasteiger partial charge in [-0.3, -0.25) is 18.4 Å². The molecule has 0 bridgehead atoms. The third kappa shape index (κ3) is 3.43. The molecule has 0 saturated heterocycles. The number of aryl methyl sites for hydroxylation is 1. The van der Waals surface area contributed by atoms with Crippen LogP contribution in [0.5, 0.6) is 5.75 Å². The highest BCUT2D eigenvalue weighted by Gasteiger charge is 2.23. The van der Waals surface area contributed by atoms with Gasteiger partial charge in [-0.15, -0.1) is 0 Å². The fraction of sp³-hybridized carbons (Fsp3) is 0.400. The molecule has 0 N–H and O–H groups in total. The maximum atomic E-state index is 13.8. The third-order valence-electron chi connectivity index (χ3n) is 6.46. The van der Waals surface area contributed by atoms with Gasteiger partial charge in [-0.2, -0.15) is 5.10 Å². The van der Waals surface area contributed by atoms with Crippen LogP contribution in [0.15, 0.2) is 39.9 Å². The zero-order valence-electron chi connectivity index (χ0n) is 20.3. The lowest BCUT2D eigenvalue weighted by Gasteiger charge is -2.16. The Morgan fingerprint density at radius 3 is 2.35 bits per heavy atom. The highest BCUT2D eigenvalue weighted by atomic mass is 16.5. The minimum Gasteiger partial charge on any atom is -0.497 e. The van der Waals surface area contributed by atoms with Crippen molar-refractivity contribution >= 4 is 38.2 Å². The molecule has 5 rings (SSSR count). The molecule has 0 radical (unpaired) electrons. The van der Waals surface area contributed by atoms with E-state index in [1.165, 1.54) is 4.57 Å². The van der Waals surface area contributed by atoms with Crippen LogP contribution in [-0.2, 0) is 13.1 Å². The second kappa shape index (κ2) is 8.41. The van der Waals surface area contributed by atoms with Gasteiger partial charge in [-0.25, -0.2) is 4.79 Å². The van der Waals surface area contributed by atoms with E-state index in [9.17, 15) is 9.59 Å². The Morgan fingerprint density at radius 2 is 1.65 bits per heavy atom. The van der Waals surface area contributed by atoms with Crippen LogP contribution in [0.25, 0.3) is 38.2 Å². The molecular formula is C25H30N6O3. The molecule has 0 unspecified atom stereocenters. The van der Waals surface area contributed by atoms with Crippen LogP contribution >= 0.6 is 0 Å². The predicted octanol–water partition coefficient (Wildman–Crippen LogP) is 2.08. The van der Waals surface area contributed by atoms with Crippen LogP contribution in [0, 0.1) is 0 Å². The molecule has 5 aromatic rings. The average Bonchev–Trinajstić information content (AvgIpc) is 3.17. The van der Waals surface area contributed by atoms with E-state index in [0.717, 1.165) is 41.3 Å². The van der Waals surface area contributed by atoms with Crippen LogP contribution in [0.2, 0.25) is 0 Å². The van der Waals surface area contributed by atoms with Gasteiger partial charge in [-0.05, 0) is 65.4 Å². The number of nitrogens with zero attached hydrogens (tertiary/aromatic N) is 6. The van der Waals surface area contributed by atoms with E-state index in [1.54, 1.807) is 11.5 Å². The first-order chi connectivity index (χ1) is 16.3. The molecule has 9 heteroatoms. The summed E-state index contributed by atoms with van der Waals surface area (Å²) in [6, 6.07) is 9.48. The molecule has 178 valence electrons. The smallest absolute Gasteiger partial charge is 0.336 e. The predicted molar refractivity (Wildman–Crippen MR) is 136 cm³/mol. The topological polar surface area (TPSA) is 77.0 Å². The van der Waals surface area contributed by atoms with Crippen LogP contribution in [-0.4, -0.2) is 76.9 Å². The normalized spacial score (nSPS) is 12.4.